The van der Waals surface area contributed by atoms with E-state index in [1.807, 2.05) is 18.2 Å². The van der Waals surface area contributed by atoms with Crippen molar-refractivity contribution in [3.63, 3.8) is 0 Å². The Morgan fingerprint density at radius 1 is 1.15 bits per heavy atom. The van der Waals surface area contributed by atoms with Crippen LogP contribution in [0.15, 0.2) is 48.5 Å². The number of para-hydroxylation sites is 1. The van der Waals surface area contributed by atoms with Gasteiger partial charge in [-0.15, -0.1) is 0 Å². The number of anilines is 1. The lowest BCUT2D eigenvalue weighted by molar-refractivity contribution is -0.384. The Morgan fingerprint density at radius 3 is 2.78 bits per heavy atom. The molecule has 0 saturated heterocycles. The highest BCUT2D eigenvalue weighted by molar-refractivity contribution is 6.04. The summed E-state index contributed by atoms with van der Waals surface area (Å²) in [6.45, 7) is 0.114. The first-order valence-electron chi connectivity index (χ1n) is 8.05. The summed E-state index contributed by atoms with van der Waals surface area (Å²) in [6.07, 6.45) is 0.0238. The predicted octanol–water partition coefficient (Wildman–Crippen LogP) is 1.73. The first-order chi connectivity index (χ1) is 13.0. The van der Waals surface area contributed by atoms with E-state index in [0.717, 1.165) is 5.52 Å². The second kappa shape index (κ2) is 7.95. The lowest BCUT2D eigenvalue weighted by Gasteiger charge is -2.08. The van der Waals surface area contributed by atoms with Crippen LogP contribution in [-0.2, 0) is 4.79 Å². The summed E-state index contributed by atoms with van der Waals surface area (Å²) in [5.74, 6) is -0.763. The van der Waals surface area contributed by atoms with Crippen LogP contribution in [0, 0.1) is 10.1 Å². The number of hydrogen-bond donors (Lipinski definition) is 4. The fraction of sp³-hybridized carbons (Fsp3) is 0.118. The maximum atomic E-state index is 12.2. The van der Waals surface area contributed by atoms with E-state index in [9.17, 15) is 19.7 Å². The molecule has 27 heavy (non-hydrogen) atoms. The maximum absolute atomic E-state index is 12.2. The number of rotatable bonds is 7. The number of benzene rings is 2. The number of fused-ring (bicyclic) bond motifs is 1. The molecule has 1 heterocycles. The van der Waals surface area contributed by atoms with Crippen molar-refractivity contribution in [1.82, 2.24) is 20.9 Å². The molecule has 10 heteroatoms. The van der Waals surface area contributed by atoms with Crippen molar-refractivity contribution in [3.05, 3.63) is 64.3 Å². The Hall–Kier alpha value is -3.95. The number of nitrogens with zero attached hydrogens (tertiary/aromatic N) is 2. The van der Waals surface area contributed by atoms with Gasteiger partial charge in [-0.1, -0.05) is 24.3 Å². The zero-order valence-corrected chi connectivity index (χ0v) is 14.1. The molecule has 10 nitrogen and oxygen atoms in total. The highest BCUT2D eigenvalue weighted by Crippen LogP contribution is 2.16. The number of amides is 2. The minimum atomic E-state index is -0.527. The third-order valence-corrected chi connectivity index (χ3v) is 3.73. The number of nitrogens with one attached hydrogen (secondary N) is 4. The molecule has 4 N–H and O–H groups in total. The van der Waals surface area contributed by atoms with Crippen LogP contribution in [0.3, 0.4) is 0 Å². The molecular weight excluding hydrogens is 352 g/mol. The summed E-state index contributed by atoms with van der Waals surface area (Å²) < 4.78 is 0. The van der Waals surface area contributed by atoms with Crippen LogP contribution in [0.5, 0.6) is 0 Å². The average molecular weight is 368 g/mol. The highest BCUT2D eigenvalue weighted by atomic mass is 16.6. The van der Waals surface area contributed by atoms with Crippen LogP contribution in [0.25, 0.3) is 10.9 Å². The largest absolute Gasteiger partial charge is 0.350 e. The van der Waals surface area contributed by atoms with Gasteiger partial charge in [-0.25, -0.2) is 0 Å². The van der Waals surface area contributed by atoms with Gasteiger partial charge in [0.25, 0.3) is 11.6 Å². The highest BCUT2D eigenvalue weighted by Gasteiger charge is 2.13. The lowest BCUT2D eigenvalue weighted by Crippen LogP contribution is -2.33. The number of carbonyl (C=O) groups excluding carboxylic acids is 2. The number of nitro groups is 1. The topological polar surface area (TPSA) is 142 Å². The first-order valence-corrected chi connectivity index (χ1v) is 8.05. The Kier molecular flexibility index (Phi) is 5.26. The van der Waals surface area contributed by atoms with Crippen LogP contribution in [-0.4, -0.2) is 33.5 Å². The smallest absolute Gasteiger partial charge is 0.272 e. The van der Waals surface area contributed by atoms with Crippen LogP contribution in [0.2, 0.25) is 0 Å². The number of nitro benzene ring substituents is 1. The molecule has 3 aromatic rings. The molecule has 0 bridgehead atoms. The molecular formula is C17H16N6O4. The number of non-ortho nitro benzene ring substituents is 1. The Bertz CT molecular complexity index is 1000. The van der Waals surface area contributed by atoms with Gasteiger partial charge in [0.1, 0.15) is 0 Å². The summed E-state index contributed by atoms with van der Waals surface area (Å²) in [7, 11) is 0. The molecule has 0 saturated carbocycles. The average Bonchev–Trinajstić information content (AvgIpc) is 3.11. The zero-order chi connectivity index (χ0) is 19.2. The summed E-state index contributed by atoms with van der Waals surface area (Å²) in [5.41, 5.74) is 6.32. The van der Waals surface area contributed by atoms with Crippen LogP contribution < -0.4 is 16.2 Å². The third-order valence-electron chi connectivity index (χ3n) is 3.73. The first kappa shape index (κ1) is 17.9. The molecule has 0 aliphatic rings. The second-order valence-corrected chi connectivity index (χ2v) is 5.60. The van der Waals surface area contributed by atoms with Gasteiger partial charge < -0.3 is 5.32 Å². The standard InChI is InChI=1S/C17H16N6O4/c24-15(21-19-11-4-3-5-12(10-11)23(26)27)8-9-18-17(25)16-13-6-1-2-7-14(13)20-22-16/h1-7,10,19H,8-9H2,(H,18,25)(H,20,22)(H,21,24). The lowest BCUT2D eigenvalue weighted by atomic mass is 10.2. The van der Waals surface area contributed by atoms with Gasteiger partial charge in [-0.3, -0.25) is 35.7 Å². The van der Waals surface area contributed by atoms with Crippen molar-refractivity contribution < 1.29 is 14.5 Å². The monoisotopic (exact) mass is 368 g/mol. The molecule has 2 amide bonds. The van der Waals surface area contributed by atoms with Gasteiger partial charge in [0.05, 0.1) is 16.1 Å². The Labute approximate surface area is 153 Å². The quantitative estimate of drug-likeness (QED) is 0.369. The van der Waals surface area contributed by atoms with Crippen LogP contribution in [0.4, 0.5) is 11.4 Å². The van der Waals surface area contributed by atoms with Crippen molar-refractivity contribution in [2.24, 2.45) is 0 Å². The molecule has 0 unspecified atom stereocenters. The molecule has 0 aliphatic carbocycles. The van der Waals surface area contributed by atoms with Crippen molar-refractivity contribution >= 4 is 34.1 Å². The summed E-state index contributed by atoms with van der Waals surface area (Å²) >= 11 is 0. The van der Waals surface area contributed by atoms with Gasteiger partial charge in [0.2, 0.25) is 5.91 Å². The van der Waals surface area contributed by atoms with E-state index in [1.54, 1.807) is 12.1 Å². The fourth-order valence-corrected chi connectivity index (χ4v) is 2.41. The molecule has 0 atom stereocenters. The zero-order valence-electron chi connectivity index (χ0n) is 14.1. The molecule has 0 aliphatic heterocycles. The molecule has 0 radical (unpaired) electrons. The number of hydrazine groups is 1. The number of H-pyrrole nitrogens is 1. The van der Waals surface area contributed by atoms with Crippen LogP contribution >= 0.6 is 0 Å². The summed E-state index contributed by atoms with van der Waals surface area (Å²) in [5, 5.41) is 20.8. The summed E-state index contributed by atoms with van der Waals surface area (Å²) in [6, 6.07) is 13.0. The van der Waals surface area contributed by atoms with Gasteiger partial charge in [-0.05, 0) is 12.1 Å². The van der Waals surface area contributed by atoms with Crippen molar-refractivity contribution in [1.29, 1.82) is 0 Å². The minimum Gasteiger partial charge on any atom is -0.350 e. The van der Waals surface area contributed by atoms with Crippen molar-refractivity contribution in [3.8, 4) is 0 Å². The fourth-order valence-electron chi connectivity index (χ4n) is 2.41. The van der Waals surface area contributed by atoms with Gasteiger partial charge in [0, 0.05) is 30.5 Å². The SMILES string of the molecule is O=C(CCNC(=O)c1n[nH]c2ccccc12)NNc1cccc([N+](=O)[O-])c1. The van der Waals surface area contributed by atoms with Crippen molar-refractivity contribution in [2.45, 2.75) is 6.42 Å². The molecule has 0 fully saturated rings. The number of aromatic amines is 1. The predicted molar refractivity (Wildman–Crippen MR) is 97.9 cm³/mol. The number of hydrogen-bond acceptors (Lipinski definition) is 6. The Balaban J connectivity index is 1.46. The molecule has 138 valence electrons. The van der Waals surface area contributed by atoms with Gasteiger partial charge >= 0.3 is 0 Å². The second-order valence-electron chi connectivity index (χ2n) is 5.60. The minimum absolute atomic E-state index is 0.0238. The van der Waals surface area contributed by atoms with E-state index in [1.165, 1.54) is 18.2 Å². The molecule has 0 spiro atoms. The molecule has 3 rings (SSSR count). The van der Waals surface area contributed by atoms with E-state index in [0.29, 0.717) is 11.1 Å². The van der Waals surface area contributed by atoms with Gasteiger partial charge in [-0.2, -0.15) is 5.10 Å². The van der Waals surface area contributed by atoms with E-state index in [-0.39, 0.29) is 36.2 Å². The third kappa shape index (κ3) is 4.37. The summed E-state index contributed by atoms with van der Waals surface area (Å²) in [4.78, 5) is 34.2. The van der Waals surface area contributed by atoms with Crippen LogP contribution in [0.1, 0.15) is 16.9 Å². The van der Waals surface area contributed by atoms with E-state index in [4.69, 9.17) is 0 Å². The van der Waals surface area contributed by atoms with E-state index in [2.05, 4.69) is 26.4 Å². The van der Waals surface area contributed by atoms with Gasteiger partial charge in [0.15, 0.2) is 5.69 Å². The van der Waals surface area contributed by atoms with E-state index >= 15 is 0 Å². The van der Waals surface area contributed by atoms with E-state index < -0.39 is 4.92 Å². The molecule has 2 aromatic carbocycles. The number of carbonyl (C=O) groups is 2. The molecule has 1 aromatic heterocycles. The van der Waals surface area contributed by atoms with Crippen molar-refractivity contribution in [2.75, 3.05) is 12.0 Å². The number of aromatic nitrogens is 2. The Morgan fingerprint density at radius 2 is 1.96 bits per heavy atom. The maximum Gasteiger partial charge on any atom is 0.272 e. The normalized spacial score (nSPS) is 10.4.